The third-order valence-corrected chi connectivity index (χ3v) is 3.59. The van der Waals surface area contributed by atoms with E-state index in [0.29, 0.717) is 25.8 Å². The van der Waals surface area contributed by atoms with Gasteiger partial charge in [-0.1, -0.05) is 0 Å². The van der Waals surface area contributed by atoms with Gasteiger partial charge in [0, 0.05) is 25.2 Å². The largest absolute Gasteiger partial charge is 0.481 e. The van der Waals surface area contributed by atoms with E-state index >= 15 is 0 Å². The molecule has 0 spiro atoms. The van der Waals surface area contributed by atoms with Crippen molar-refractivity contribution < 1.29 is 14.7 Å². The highest BCUT2D eigenvalue weighted by atomic mass is 16.4. The third-order valence-electron chi connectivity index (χ3n) is 3.59. The molecular weight excluding hydrogens is 246 g/mol. The Morgan fingerprint density at radius 3 is 2.63 bits per heavy atom. The van der Waals surface area contributed by atoms with E-state index in [0.717, 1.165) is 11.4 Å². The Morgan fingerprint density at radius 2 is 2.16 bits per heavy atom. The number of aryl methyl sites for hydroxylation is 3. The quantitative estimate of drug-likeness (QED) is 0.799. The molecular formula is C13H19N3O3. The lowest BCUT2D eigenvalue weighted by atomic mass is 10.1. The molecule has 1 amide bonds. The molecule has 1 saturated carbocycles. The normalized spacial score (nSPS) is 16.1. The second-order valence-electron chi connectivity index (χ2n) is 5.26. The molecule has 6 nitrogen and oxygen atoms in total. The first-order chi connectivity index (χ1) is 8.93. The van der Waals surface area contributed by atoms with Gasteiger partial charge in [0.15, 0.2) is 0 Å². The van der Waals surface area contributed by atoms with Crippen molar-refractivity contribution >= 4 is 11.9 Å². The van der Waals surface area contributed by atoms with Crippen molar-refractivity contribution in [3.8, 4) is 0 Å². The predicted octanol–water partition coefficient (Wildman–Crippen LogP) is 0.871. The molecule has 19 heavy (non-hydrogen) atoms. The van der Waals surface area contributed by atoms with E-state index < -0.39 is 11.4 Å². The van der Waals surface area contributed by atoms with E-state index in [-0.39, 0.29) is 12.5 Å². The molecule has 0 bridgehead atoms. The van der Waals surface area contributed by atoms with E-state index in [9.17, 15) is 9.59 Å². The first-order valence-corrected chi connectivity index (χ1v) is 6.44. The highest BCUT2D eigenvalue weighted by Gasteiger charge is 2.50. The zero-order valence-corrected chi connectivity index (χ0v) is 11.3. The lowest BCUT2D eigenvalue weighted by molar-refractivity contribution is -0.143. The third kappa shape index (κ3) is 3.13. The number of rotatable bonds is 6. The van der Waals surface area contributed by atoms with Crippen LogP contribution in [0.15, 0.2) is 6.07 Å². The maximum absolute atomic E-state index is 11.7. The molecule has 0 unspecified atom stereocenters. The van der Waals surface area contributed by atoms with Gasteiger partial charge in [0.1, 0.15) is 0 Å². The van der Waals surface area contributed by atoms with Crippen molar-refractivity contribution in [2.75, 3.05) is 6.54 Å². The van der Waals surface area contributed by atoms with E-state index in [1.54, 1.807) is 4.68 Å². The average molecular weight is 265 g/mol. The van der Waals surface area contributed by atoms with Crippen molar-refractivity contribution in [2.24, 2.45) is 5.41 Å². The molecule has 0 atom stereocenters. The van der Waals surface area contributed by atoms with Crippen LogP contribution in [0.5, 0.6) is 0 Å². The van der Waals surface area contributed by atoms with Crippen LogP contribution in [0.2, 0.25) is 0 Å². The topological polar surface area (TPSA) is 84.2 Å². The minimum atomic E-state index is -0.814. The molecule has 0 radical (unpaired) electrons. The zero-order valence-electron chi connectivity index (χ0n) is 11.3. The van der Waals surface area contributed by atoms with Crippen molar-refractivity contribution in [3.63, 3.8) is 0 Å². The molecule has 0 aliphatic heterocycles. The molecule has 1 aliphatic carbocycles. The highest BCUT2D eigenvalue weighted by Crippen LogP contribution is 2.45. The minimum absolute atomic E-state index is 0.125. The van der Waals surface area contributed by atoms with Crippen molar-refractivity contribution in [1.29, 1.82) is 0 Å². The fraction of sp³-hybridized carbons (Fsp3) is 0.615. The van der Waals surface area contributed by atoms with Crippen LogP contribution < -0.4 is 5.32 Å². The van der Waals surface area contributed by atoms with E-state index in [1.165, 1.54) is 0 Å². The Bertz CT molecular complexity index is 503. The Labute approximate surface area is 111 Å². The van der Waals surface area contributed by atoms with Gasteiger partial charge in [-0.15, -0.1) is 0 Å². The lowest BCUT2D eigenvalue weighted by Crippen LogP contribution is -2.34. The van der Waals surface area contributed by atoms with Crippen molar-refractivity contribution in [1.82, 2.24) is 15.1 Å². The number of carboxylic acid groups (broad SMARTS) is 1. The molecule has 1 aliphatic rings. The molecule has 1 aromatic rings. The molecule has 2 N–H and O–H groups in total. The summed E-state index contributed by atoms with van der Waals surface area (Å²) in [5.74, 6) is -0.938. The molecule has 1 fully saturated rings. The van der Waals surface area contributed by atoms with Crippen LogP contribution in [-0.4, -0.2) is 33.3 Å². The van der Waals surface area contributed by atoms with E-state index in [1.807, 2.05) is 19.9 Å². The molecule has 0 aromatic carbocycles. The Balaban J connectivity index is 1.76. The number of aliphatic carboxylic acids is 1. The number of carbonyl (C=O) groups excluding carboxylic acids is 1. The molecule has 6 heteroatoms. The molecule has 1 heterocycles. The van der Waals surface area contributed by atoms with Crippen LogP contribution in [0.3, 0.4) is 0 Å². The molecule has 1 aromatic heterocycles. The van der Waals surface area contributed by atoms with Gasteiger partial charge in [-0.2, -0.15) is 5.10 Å². The van der Waals surface area contributed by atoms with E-state index in [2.05, 4.69) is 10.4 Å². The Hall–Kier alpha value is -1.85. The minimum Gasteiger partial charge on any atom is -0.481 e. The van der Waals surface area contributed by atoms with Gasteiger partial charge in [0.05, 0.1) is 11.1 Å². The van der Waals surface area contributed by atoms with Crippen LogP contribution in [0.4, 0.5) is 0 Å². The predicted molar refractivity (Wildman–Crippen MR) is 68.6 cm³/mol. The van der Waals surface area contributed by atoms with Crippen LogP contribution >= 0.6 is 0 Å². The number of nitrogens with one attached hydrogen (secondary N) is 1. The van der Waals surface area contributed by atoms with Gasteiger partial charge >= 0.3 is 5.97 Å². The van der Waals surface area contributed by atoms with Crippen LogP contribution in [0.25, 0.3) is 0 Å². The first-order valence-electron chi connectivity index (χ1n) is 6.44. The summed E-state index contributed by atoms with van der Waals surface area (Å²) in [6, 6.07) is 1.96. The number of hydrogen-bond donors (Lipinski definition) is 2. The van der Waals surface area contributed by atoms with Gasteiger partial charge < -0.3 is 10.4 Å². The second-order valence-corrected chi connectivity index (χ2v) is 5.26. The summed E-state index contributed by atoms with van der Waals surface area (Å²) in [5, 5.41) is 16.0. The summed E-state index contributed by atoms with van der Waals surface area (Å²) in [5.41, 5.74) is 1.25. The zero-order chi connectivity index (χ0) is 14.0. The van der Waals surface area contributed by atoms with Gasteiger partial charge in [-0.3, -0.25) is 14.3 Å². The van der Waals surface area contributed by atoms with Crippen LogP contribution in [0.1, 0.15) is 30.7 Å². The smallest absolute Gasteiger partial charge is 0.311 e. The Kier molecular flexibility index (Phi) is 3.59. The molecule has 2 rings (SSSR count). The van der Waals surface area contributed by atoms with Crippen LogP contribution in [0, 0.1) is 19.3 Å². The number of amides is 1. The number of hydrogen-bond acceptors (Lipinski definition) is 3. The summed E-state index contributed by atoms with van der Waals surface area (Å²) in [6.45, 7) is 4.61. The van der Waals surface area contributed by atoms with Gasteiger partial charge in [0.25, 0.3) is 0 Å². The maximum Gasteiger partial charge on any atom is 0.311 e. The summed E-state index contributed by atoms with van der Waals surface area (Å²) in [4.78, 5) is 22.6. The summed E-state index contributed by atoms with van der Waals surface area (Å²) < 4.78 is 1.79. The van der Waals surface area contributed by atoms with E-state index in [4.69, 9.17) is 5.11 Å². The first kappa shape index (κ1) is 13.6. The second kappa shape index (κ2) is 5.03. The summed E-state index contributed by atoms with van der Waals surface area (Å²) in [6.07, 6.45) is 1.62. The highest BCUT2D eigenvalue weighted by molar-refractivity contribution is 5.80. The van der Waals surface area contributed by atoms with Crippen LogP contribution in [-0.2, 0) is 16.1 Å². The van der Waals surface area contributed by atoms with Gasteiger partial charge in [-0.25, -0.2) is 0 Å². The van der Waals surface area contributed by atoms with Gasteiger partial charge in [0.2, 0.25) is 5.91 Å². The van der Waals surface area contributed by atoms with Crippen molar-refractivity contribution in [3.05, 3.63) is 17.5 Å². The number of carbonyl (C=O) groups is 2. The molecule has 104 valence electrons. The van der Waals surface area contributed by atoms with Gasteiger partial charge in [-0.05, 0) is 32.8 Å². The number of nitrogens with zero attached hydrogens (tertiary/aromatic N) is 2. The maximum atomic E-state index is 11.7. The monoisotopic (exact) mass is 265 g/mol. The standard InChI is InChI=1S/C13H19N3O3/c1-9-7-10(2)16(15-9)6-3-11(17)14-8-13(4-5-13)12(18)19/h7H,3-6,8H2,1-2H3,(H,14,17)(H,18,19). The summed E-state index contributed by atoms with van der Waals surface area (Å²) in [7, 11) is 0. The lowest BCUT2D eigenvalue weighted by Gasteiger charge is -2.11. The number of carboxylic acids is 1. The Morgan fingerprint density at radius 1 is 1.47 bits per heavy atom. The van der Waals surface area contributed by atoms with Crippen molar-refractivity contribution in [2.45, 2.75) is 39.7 Å². The fourth-order valence-corrected chi connectivity index (χ4v) is 2.08. The fourth-order valence-electron chi connectivity index (χ4n) is 2.08. The summed E-state index contributed by atoms with van der Waals surface area (Å²) >= 11 is 0. The average Bonchev–Trinajstić information content (AvgIpc) is 3.06. The molecule has 0 saturated heterocycles. The number of aromatic nitrogens is 2. The SMILES string of the molecule is Cc1cc(C)n(CCC(=O)NCC2(C(=O)O)CC2)n1.